The Labute approximate surface area is 188 Å². The lowest BCUT2D eigenvalue weighted by atomic mass is 10.1. The minimum atomic E-state index is -0.487. The molecule has 0 unspecified atom stereocenters. The van der Waals surface area contributed by atoms with Crippen molar-refractivity contribution in [3.63, 3.8) is 0 Å². The number of rotatable bonds is 3. The quantitative estimate of drug-likeness (QED) is 0.450. The number of aromatic nitrogens is 5. The van der Waals surface area contributed by atoms with E-state index in [1.807, 2.05) is 25.7 Å². The lowest BCUT2D eigenvalue weighted by molar-refractivity contribution is 0.0213. The largest absolute Gasteiger partial charge is 0.443 e. The third-order valence-electron chi connectivity index (χ3n) is 5.38. The number of nitrogens with zero attached hydrogens (tertiary/aromatic N) is 6. The number of aryl methyl sites for hydroxylation is 3. The van der Waals surface area contributed by atoms with Crippen LogP contribution in [0.1, 0.15) is 29.1 Å². The van der Waals surface area contributed by atoms with Gasteiger partial charge in [-0.15, -0.1) is 0 Å². The van der Waals surface area contributed by atoms with Crippen LogP contribution in [0.4, 0.5) is 10.3 Å². The van der Waals surface area contributed by atoms with E-state index in [0.29, 0.717) is 59.2 Å². The Kier molecular flexibility index (Phi) is 5.22. The van der Waals surface area contributed by atoms with E-state index in [9.17, 15) is 4.39 Å². The third kappa shape index (κ3) is 3.78. The third-order valence-corrected chi connectivity index (χ3v) is 5.62. The van der Waals surface area contributed by atoms with Crippen LogP contribution in [0.2, 0.25) is 5.02 Å². The number of ether oxygens (including phenoxy) is 1. The lowest BCUT2D eigenvalue weighted by Crippen LogP contribution is -2.39. The van der Waals surface area contributed by atoms with Gasteiger partial charge in [0.2, 0.25) is 11.8 Å². The van der Waals surface area contributed by atoms with Crippen molar-refractivity contribution < 1.29 is 13.5 Å². The summed E-state index contributed by atoms with van der Waals surface area (Å²) >= 11 is 5.96. The molecule has 10 heteroatoms. The molecule has 0 N–H and O–H groups in total. The van der Waals surface area contributed by atoms with Crippen LogP contribution >= 0.6 is 11.6 Å². The molecule has 1 fully saturated rings. The maximum absolute atomic E-state index is 14.9. The number of anilines is 1. The zero-order valence-electron chi connectivity index (χ0n) is 17.8. The predicted molar refractivity (Wildman–Crippen MR) is 117 cm³/mol. The second-order valence-electron chi connectivity index (χ2n) is 7.68. The van der Waals surface area contributed by atoms with Gasteiger partial charge < -0.3 is 14.1 Å². The van der Waals surface area contributed by atoms with E-state index in [-0.39, 0.29) is 11.7 Å². The van der Waals surface area contributed by atoms with E-state index in [1.54, 1.807) is 18.3 Å². The van der Waals surface area contributed by atoms with Crippen molar-refractivity contribution in [3.8, 4) is 11.3 Å². The molecular weight excluding hydrogens is 435 g/mol. The highest BCUT2D eigenvalue weighted by molar-refractivity contribution is 6.30. The van der Waals surface area contributed by atoms with Gasteiger partial charge >= 0.3 is 0 Å². The minimum Gasteiger partial charge on any atom is -0.443 e. The second kappa shape index (κ2) is 8.07. The average molecular weight is 455 g/mol. The first kappa shape index (κ1) is 20.7. The molecule has 0 bridgehead atoms. The SMILES string of the molecule is Cc1cnc([C@H]2CN(c3nc(-c4ccc(Cl)cc4F)c4nc(C)c(C)nc4n3)CCO2)o1. The molecular formula is C22H20ClFN6O2. The first-order valence-electron chi connectivity index (χ1n) is 10.2. The molecule has 0 saturated carbocycles. The van der Waals surface area contributed by atoms with Crippen LogP contribution in [0.25, 0.3) is 22.4 Å². The summed E-state index contributed by atoms with van der Waals surface area (Å²) in [7, 11) is 0. The summed E-state index contributed by atoms with van der Waals surface area (Å²) in [6, 6.07) is 4.48. The summed E-state index contributed by atoms with van der Waals surface area (Å²) < 4.78 is 26.3. The monoisotopic (exact) mass is 454 g/mol. The summed E-state index contributed by atoms with van der Waals surface area (Å²) in [6.45, 7) is 6.98. The van der Waals surface area contributed by atoms with Gasteiger partial charge in [-0.25, -0.2) is 24.3 Å². The van der Waals surface area contributed by atoms with Gasteiger partial charge in [0.05, 0.1) is 30.7 Å². The van der Waals surface area contributed by atoms with Gasteiger partial charge in [0, 0.05) is 17.1 Å². The van der Waals surface area contributed by atoms with Gasteiger partial charge in [0.15, 0.2) is 11.8 Å². The number of hydrogen-bond acceptors (Lipinski definition) is 8. The molecule has 1 saturated heterocycles. The molecule has 1 aromatic carbocycles. The Morgan fingerprint density at radius 3 is 2.66 bits per heavy atom. The number of fused-ring (bicyclic) bond motifs is 1. The summed E-state index contributed by atoms with van der Waals surface area (Å²) in [6.07, 6.45) is 1.30. The fraction of sp³-hybridized carbons (Fsp3) is 0.318. The van der Waals surface area contributed by atoms with Crippen LogP contribution < -0.4 is 4.90 Å². The number of oxazole rings is 1. The molecule has 0 aliphatic carbocycles. The van der Waals surface area contributed by atoms with Crippen LogP contribution in [0, 0.1) is 26.6 Å². The van der Waals surface area contributed by atoms with Crippen molar-refractivity contribution in [1.82, 2.24) is 24.9 Å². The van der Waals surface area contributed by atoms with Gasteiger partial charge in [0.1, 0.15) is 22.8 Å². The van der Waals surface area contributed by atoms with Crippen LogP contribution in [-0.2, 0) is 4.74 Å². The smallest absolute Gasteiger partial charge is 0.228 e. The molecule has 164 valence electrons. The normalized spacial score (nSPS) is 16.7. The molecule has 8 nitrogen and oxygen atoms in total. The molecule has 32 heavy (non-hydrogen) atoms. The molecule has 3 aromatic heterocycles. The minimum absolute atomic E-state index is 0.286. The average Bonchev–Trinajstić information content (AvgIpc) is 3.21. The van der Waals surface area contributed by atoms with Crippen LogP contribution in [0.15, 0.2) is 28.8 Å². The maximum atomic E-state index is 14.9. The Morgan fingerprint density at radius 1 is 1.09 bits per heavy atom. The van der Waals surface area contributed by atoms with Gasteiger partial charge in [-0.1, -0.05) is 11.6 Å². The van der Waals surface area contributed by atoms with E-state index >= 15 is 0 Å². The van der Waals surface area contributed by atoms with Crippen molar-refractivity contribution in [2.75, 3.05) is 24.6 Å². The Hall–Kier alpha value is -3.17. The van der Waals surface area contributed by atoms with E-state index in [4.69, 9.17) is 25.7 Å². The zero-order valence-corrected chi connectivity index (χ0v) is 18.5. The van der Waals surface area contributed by atoms with Gasteiger partial charge in [-0.2, -0.15) is 4.98 Å². The van der Waals surface area contributed by atoms with E-state index in [0.717, 1.165) is 11.4 Å². The molecule has 1 aliphatic heterocycles. The van der Waals surface area contributed by atoms with Gasteiger partial charge in [-0.05, 0) is 39.0 Å². The molecule has 1 atom stereocenters. The Morgan fingerprint density at radius 2 is 1.91 bits per heavy atom. The first-order valence-corrected chi connectivity index (χ1v) is 10.5. The predicted octanol–water partition coefficient (Wildman–Crippen LogP) is 4.37. The highest BCUT2D eigenvalue weighted by Crippen LogP contribution is 2.32. The first-order chi connectivity index (χ1) is 15.4. The van der Waals surface area contributed by atoms with Gasteiger partial charge in [-0.3, -0.25) is 0 Å². The zero-order chi connectivity index (χ0) is 22.4. The number of hydrogen-bond donors (Lipinski definition) is 0. The van der Waals surface area contributed by atoms with Gasteiger partial charge in [0.25, 0.3) is 0 Å². The highest BCUT2D eigenvalue weighted by atomic mass is 35.5. The summed E-state index contributed by atoms with van der Waals surface area (Å²) in [5, 5.41) is 0.306. The van der Waals surface area contributed by atoms with Crippen LogP contribution in [0.3, 0.4) is 0 Å². The van der Waals surface area contributed by atoms with Crippen LogP contribution in [0.5, 0.6) is 0 Å². The van der Waals surface area contributed by atoms with E-state index < -0.39 is 5.82 Å². The van der Waals surface area contributed by atoms with Crippen molar-refractivity contribution >= 4 is 28.7 Å². The topological polar surface area (TPSA) is 90.1 Å². The van der Waals surface area contributed by atoms with Crippen molar-refractivity contribution in [2.45, 2.75) is 26.9 Å². The molecule has 0 amide bonds. The van der Waals surface area contributed by atoms with Crippen molar-refractivity contribution in [1.29, 1.82) is 0 Å². The van der Waals surface area contributed by atoms with E-state index in [2.05, 4.69) is 19.9 Å². The fourth-order valence-electron chi connectivity index (χ4n) is 3.61. The highest BCUT2D eigenvalue weighted by Gasteiger charge is 2.28. The van der Waals surface area contributed by atoms with Crippen molar-refractivity contribution in [3.05, 3.63) is 58.3 Å². The summed E-state index contributed by atoms with van der Waals surface area (Å²) in [5.74, 6) is 1.14. The molecule has 4 aromatic rings. The van der Waals surface area contributed by atoms with Crippen molar-refractivity contribution in [2.24, 2.45) is 0 Å². The lowest BCUT2D eigenvalue weighted by Gasteiger charge is -2.31. The Balaban J connectivity index is 1.62. The molecule has 5 rings (SSSR count). The molecule has 0 radical (unpaired) electrons. The van der Waals surface area contributed by atoms with E-state index in [1.165, 1.54) is 6.07 Å². The summed E-state index contributed by atoms with van der Waals surface area (Å²) in [4.78, 5) is 24.8. The van der Waals surface area contributed by atoms with Crippen LogP contribution in [-0.4, -0.2) is 44.6 Å². The number of morpholine rings is 1. The second-order valence-corrected chi connectivity index (χ2v) is 8.11. The standard InChI is InChI=1S/C22H20ClFN6O2/c1-11-9-25-21(32-11)17-10-30(6-7-31-17)22-28-18(15-5-4-14(23)8-16(15)24)19-20(29-22)27-13(3)12(2)26-19/h4-5,8-9,17H,6-7,10H2,1-3H3/t17-/m1/s1. The number of benzene rings is 1. The fourth-order valence-corrected chi connectivity index (χ4v) is 3.77. The number of halogens is 2. The molecule has 0 spiro atoms. The molecule has 4 heterocycles. The molecule has 1 aliphatic rings. The summed E-state index contributed by atoms with van der Waals surface area (Å²) in [5.41, 5.74) is 2.97. The Bertz CT molecular complexity index is 1330. The maximum Gasteiger partial charge on any atom is 0.228 e.